The third-order valence-electron chi connectivity index (χ3n) is 4.86. The minimum Gasteiger partial charge on any atom is -0.481 e. The van der Waals surface area contributed by atoms with Crippen molar-refractivity contribution >= 4 is 5.97 Å². The number of aromatic nitrogens is 2. The van der Waals surface area contributed by atoms with Crippen LogP contribution >= 0.6 is 0 Å². The summed E-state index contributed by atoms with van der Waals surface area (Å²) in [5.41, 5.74) is 6.36. The Kier molecular flexibility index (Phi) is 3.78. The Hall–Kier alpha value is -1.36. The summed E-state index contributed by atoms with van der Waals surface area (Å²) < 4.78 is 2.20. The van der Waals surface area contributed by atoms with Crippen molar-refractivity contribution in [1.29, 1.82) is 0 Å². The molecule has 0 spiro atoms. The van der Waals surface area contributed by atoms with Crippen LogP contribution in [0.15, 0.2) is 12.5 Å². The lowest BCUT2D eigenvalue weighted by molar-refractivity contribution is -0.142. The highest BCUT2D eigenvalue weighted by Gasteiger charge is 2.46. The van der Waals surface area contributed by atoms with Gasteiger partial charge in [0.2, 0.25) is 0 Å². The van der Waals surface area contributed by atoms with Gasteiger partial charge >= 0.3 is 5.97 Å². The largest absolute Gasteiger partial charge is 0.481 e. The lowest BCUT2D eigenvalue weighted by atomic mass is 9.98. The van der Waals surface area contributed by atoms with E-state index in [-0.39, 0.29) is 5.92 Å². The van der Waals surface area contributed by atoms with Gasteiger partial charge in [0.15, 0.2) is 0 Å². The number of fused-ring (bicyclic) bond motifs is 1. The summed E-state index contributed by atoms with van der Waals surface area (Å²) in [6.07, 6.45) is 9.79. The molecule has 0 saturated heterocycles. The van der Waals surface area contributed by atoms with Crippen molar-refractivity contribution in [2.75, 3.05) is 6.54 Å². The van der Waals surface area contributed by atoms with Gasteiger partial charge in [0.05, 0.1) is 17.9 Å². The van der Waals surface area contributed by atoms with E-state index in [1.165, 1.54) is 19.3 Å². The Morgan fingerprint density at radius 3 is 2.85 bits per heavy atom. The Morgan fingerprint density at radius 2 is 2.20 bits per heavy atom. The number of carbonyl (C=O) groups is 1. The van der Waals surface area contributed by atoms with E-state index in [4.69, 9.17) is 5.73 Å². The molecule has 0 radical (unpaired) electrons. The maximum absolute atomic E-state index is 11.2. The van der Waals surface area contributed by atoms with Gasteiger partial charge in [-0.05, 0) is 50.5 Å². The molecule has 2 saturated carbocycles. The third-order valence-corrected chi connectivity index (χ3v) is 4.86. The molecule has 0 aliphatic heterocycles. The molecule has 5 nitrogen and oxygen atoms in total. The highest BCUT2D eigenvalue weighted by molar-refractivity contribution is 5.70. The van der Waals surface area contributed by atoms with Crippen LogP contribution in [0, 0.1) is 17.8 Å². The molecule has 1 aromatic heterocycles. The molecule has 5 heteroatoms. The molecular formula is C15H23N3O2. The molecule has 1 aromatic rings. The number of carboxylic acid groups (broad SMARTS) is 1. The SMILES string of the molecule is NCCCC(Cc1cn([C@H]2C[C@H]3C[C@H]3C2)cn1)C(=O)O. The van der Waals surface area contributed by atoms with Crippen molar-refractivity contribution < 1.29 is 9.90 Å². The maximum atomic E-state index is 11.2. The van der Waals surface area contributed by atoms with Crippen LogP contribution in [0.1, 0.15) is 43.8 Å². The summed E-state index contributed by atoms with van der Waals surface area (Å²) in [6.45, 7) is 0.545. The minimum atomic E-state index is -0.741. The smallest absolute Gasteiger partial charge is 0.306 e. The van der Waals surface area contributed by atoms with Crippen LogP contribution in [0.25, 0.3) is 0 Å². The zero-order chi connectivity index (χ0) is 14.1. The zero-order valence-electron chi connectivity index (χ0n) is 11.7. The lowest BCUT2D eigenvalue weighted by Crippen LogP contribution is -2.18. The Morgan fingerprint density at radius 1 is 1.45 bits per heavy atom. The second-order valence-electron chi connectivity index (χ2n) is 6.36. The second-order valence-corrected chi connectivity index (χ2v) is 6.36. The van der Waals surface area contributed by atoms with Gasteiger partial charge < -0.3 is 15.4 Å². The summed E-state index contributed by atoms with van der Waals surface area (Å²) in [5.74, 6) is 0.790. The number of hydrogen-bond acceptors (Lipinski definition) is 3. The fourth-order valence-electron chi connectivity index (χ4n) is 3.54. The topological polar surface area (TPSA) is 81.1 Å². The zero-order valence-corrected chi connectivity index (χ0v) is 11.7. The van der Waals surface area contributed by atoms with Crippen molar-refractivity contribution in [2.24, 2.45) is 23.5 Å². The second kappa shape index (κ2) is 5.56. The average Bonchev–Trinajstić information content (AvgIpc) is 2.87. The predicted octanol–water partition coefficient (Wildman–Crippen LogP) is 1.84. The summed E-state index contributed by atoms with van der Waals surface area (Å²) in [7, 11) is 0. The number of nitrogens with zero attached hydrogens (tertiary/aromatic N) is 2. The van der Waals surface area contributed by atoms with Crippen LogP contribution in [0.5, 0.6) is 0 Å². The molecule has 2 aliphatic carbocycles. The van der Waals surface area contributed by atoms with E-state index in [0.29, 0.717) is 25.4 Å². The van der Waals surface area contributed by atoms with Crippen molar-refractivity contribution in [1.82, 2.24) is 9.55 Å². The minimum absolute atomic E-state index is 0.362. The van der Waals surface area contributed by atoms with Crippen molar-refractivity contribution in [3.63, 3.8) is 0 Å². The summed E-state index contributed by atoms with van der Waals surface area (Å²) in [6, 6.07) is 0.590. The summed E-state index contributed by atoms with van der Waals surface area (Å²) in [5, 5.41) is 9.24. The van der Waals surface area contributed by atoms with Gasteiger partial charge in [-0.1, -0.05) is 0 Å². The fraction of sp³-hybridized carbons (Fsp3) is 0.733. The quantitative estimate of drug-likeness (QED) is 0.796. The molecule has 4 atom stereocenters. The molecule has 0 aromatic carbocycles. The van der Waals surface area contributed by atoms with Gasteiger partial charge in [0, 0.05) is 18.7 Å². The number of aliphatic carboxylic acids is 1. The average molecular weight is 277 g/mol. The van der Waals surface area contributed by atoms with Gasteiger partial charge in [-0.2, -0.15) is 0 Å². The van der Waals surface area contributed by atoms with Crippen LogP contribution in [-0.4, -0.2) is 27.2 Å². The van der Waals surface area contributed by atoms with E-state index in [1.807, 2.05) is 12.5 Å². The molecule has 2 fully saturated rings. The first-order valence-corrected chi connectivity index (χ1v) is 7.62. The molecule has 1 heterocycles. The molecule has 3 N–H and O–H groups in total. The van der Waals surface area contributed by atoms with E-state index in [2.05, 4.69) is 9.55 Å². The van der Waals surface area contributed by atoms with Gasteiger partial charge in [-0.3, -0.25) is 4.79 Å². The highest BCUT2D eigenvalue weighted by Crippen LogP contribution is 2.55. The van der Waals surface area contributed by atoms with Crippen LogP contribution < -0.4 is 5.73 Å². The molecule has 20 heavy (non-hydrogen) atoms. The third kappa shape index (κ3) is 2.87. The maximum Gasteiger partial charge on any atom is 0.306 e. The molecule has 3 rings (SSSR count). The lowest BCUT2D eigenvalue weighted by Gasteiger charge is -2.13. The standard InChI is InChI=1S/C15H23N3O2/c16-3-1-2-10(15(19)20)5-13-8-18(9-17-13)14-6-11-4-12(11)7-14/h8-12,14H,1-7,16H2,(H,19,20)/t10?,11-,12+,14+. The molecule has 1 unspecified atom stereocenters. The predicted molar refractivity (Wildman–Crippen MR) is 75.2 cm³/mol. The summed E-state index contributed by atoms with van der Waals surface area (Å²) in [4.78, 5) is 15.6. The summed E-state index contributed by atoms with van der Waals surface area (Å²) >= 11 is 0. The van der Waals surface area contributed by atoms with Gasteiger partial charge in [-0.15, -0.1) is 0 Å². The molecular weight excluding hydrogens is 254 g/mol. The number of carboxylic acids is 1. The normalized spacial score (nSPS) is 29.1. The Balaban J connectivity index is 1.59. The van der Waals surface area contributed by atoms with E-state index in [1.54, 1.807) is 0 Å². The van der Waals surface area contributed by atoms with Gasteiger partial charge in [0.25, 0.3) is 0 Å². The van der Waals surface area contributed by atoms with E-state index in [0.717, 1.165) is 24.0 Å². The van der Waals surface area contributed by atoms with E-state index >= 15 is 0 Å². The Labute approximate surface area is 119 Å². The molecule has 2 aliphatic rings. The first-order chi connectivity index (χ1) is 9.67. The van der Waals surface area contributed by atoms with Crippen molar-refractivity contribution in [3.05, 3.63) is 18.2 Å². The van der Waals surface area contributed by atoms with Crippen LogP contribution in [-0.2, 0) is 11.2 Å². The number of imidazole rings is 1. The number of nitrogens with two attached hydrogens (primary N) is 1. The van der Waals surface area contributed by atoms with Crippen LogP contribution in [0.2, 0.25) is 0 Å². The van der Waals surface area contributed by atoms with Gasteiger partial charge in [0.1, 0.15) is 0 Å². The van der Waals surface area contributed by atoms with Crippen molar-refractivity contribution in [2.45, 2.75) is 44.6 Å². The molecule has 110 valence electrons. The fourth-order valence-corrected chi connectivity index (χ4v) is 3.54. The highest BCUT2D eigenvalue weighted by atomic mass is 16.4. The van der Waals surface area contributed by atoms with E-state index in [9.17, 15) is 9.90 Å². The van der Waals surface area contributed by atoms with Crippen LogP contribution in [0.3, 0.4) is 0 Å². The monoisotopic (exact) mass is 277 g/mol. The molecule has 0 amide bonds. The molecule has 0 bridgehead atoms. The van der Waals surface area contributed by atoms with E-state index < -0.39 is 5.97 Å². The first-order valence-electron chi connectivity index (χ1n) is 7.62. The van der Waals surface area contributed by atoms with Gasteiger partial charge in [-0.25, -0.2) is 4.98 Å². The number of rotatable bonds is 7. The van der Waals surface area contributed by atoms with Crippen molar-refractivity contribution in [3.8, 4) is 0 Å². The van der Waals surface area contributed by atoms with Crippen LogP contribution in [0.4, 0.5) is 0 Å². The number of hydrogen-bond donors (Lipinski definition) is 2. The first kappa shape index (κ1) is 13.6. The Bertz CT molecular complexity index is 475.